The molecule has 0 unspecified atom stereocenters. The Labute approximate surface area is 80.1 Å². The lowest BCUT2D eigenvalue weighted by atomic mass is 9.89. The van der Waals surface area contributed by atoms with Gasteiger partial charge >= 0.3 is 0 Å². The monoisotopic (exact) mass is 182 g/mol. The van der Waals surface area contributed by atoms with E-state index in [4.69, 9.17) is 10.00 Å². The van der Waals surface area contributed by atoms with Gasteiger partial charge in [-0.2, -0.15) is 5.26 Å². The van der Waals surface area contributed by atoms with Gasteiger partial charge in [0.05, 0.1) is 12.2 Å². The first-order chi connectivity index (χ1) is 6.36. The molecule has 1 aliphatic carbocycles. The van der Waals surface area contributed by atoms with Crippen LogP contribution in [-0.4, -0.2) is 25.8 Å². The Balaban J connectivity index is 1.83. The number of hydrogen-bond donors (Lipinski definition) is 1. The van der Waals surface area contributed by atoms with Crippen molar-refractivity contribution in [3.05, 3.63) is 0 Å². The van der Waals surface area contributed by atoms with E-state index in [1.165, 1.54) is 0 Å². The molecule has 1 fully saturated rings. The summed E-state index contributed by atoms with van der Waals surface area (Å²) >= 11 is 0. The number of nitrogens with one attached hydrogen (secondary N) is 1. The van der Waals surface area contributed by atoms with Crippen molar-refractivity contribution in [2.75, 3.05) is 13.7 Å². The normalized spacial score (nSPS) is 26.5. The summed E-state index contributed by atoms with van der Waals surface area (Å²) in [7, 11) is 1.77. The van der Waals surface area contributed by atoms with Gasteiger partial charge in [0.2, 0.25) is 0 Å². The van der Waals surface area contributed by atoms with E-state index in [-0.39, 0.29) is 0 Å². The predicted octanol–water partition coefficient (Wildman–Crippen LogP) is 1.45. The fourth-order valence-corrected chi connectivity index (χ4v) is 1.56. The number of ether oxygens (including phenoxy) is 1. The molecule has 0 atom stereocenters. The molecule has 0 saturated heterocycles. The van der Waals surface area contributed by atoms with E-state index >= 15 is 0 Å². The third-order valence-corrected chi connectivity index (χ3v) is 2.58. The van der Waals surface area contributed by atoms with Crippen molar-refractivity contribution in [3.63, 3.8) is 0 Å². The van der Waals surface area contributed by atoms with Crippen molar-refractivity contribution in [2.24, 2.45) is 0 Å². The molecule has 0 amide bonds. The molecule has 0 aliphatic heterocycles. The lowest BCUT2D eigenvalue weighted by molar-refractivity contribution is 0.0175. The minimum Gasteiger partial charge on any atom is -0.381 e. The SMILES string of the molecule is COC1CC(NCCCCC#N)C1. The second-order valence-electron chi connectivity index (χ2n) is 3.60. The van der Waals surface area contributed by atoms with Gasteiger partial charge in [-0.1, -0.05) is 0 Å². The first kappa shape index (κ1) is 10.5. The summed E-state index contributed by atoms with van der Waals surface area (Å²) in [4.78, 5) is 0. The molecule has 13 heavy (non-hydrogen) atoms. The van der Waals surface area contributed by atoms with Gasteiger partial charge in [0.15, 0.2) is 0 Å². The van der Waals surface area contributed by atoms with Crippen LogP contribution in [0.25, 0.3) is 0 Å². The van der Waals surface area contributed by atoms with Crippen molar-refractivity contribution >= 4 is 0 Å². The standard InChI is InChI=1S/C10H18N2O/c1-13-10-7-9(8-10)12-6-4-2-3-5-11/h9-10,12H,2-4,6-8H2,1H3. The molecule has 0 aromatic heterocycles. The number of nitriles is 1. The van der Waals surface area contributed by atoms with Crippen LogP contribution in [0, 0.1) is 11.3 Å². The van der Waals surface area contributed by atoms with Crippen LogP contribution < -0.4 is 5.32 Å². The van der Waals surface area contributed by atoms with E-state index in [0.717, 1.165) is 32.2 Å². The molecule has 3 heteroatoms. The van der Waals surface area contributed by atoms with Gasteiger partial charge in [-0.3, -0.25) is 0 Å². The lowest BCUT2D eigenvalue weighted by Gasteiger charge is -2.34. The summed E-state index contributed by atoms with van der Waals surface area (Å²) in [5.74, 6) is 0. The van der Waals surface area contributed by atoms with Crippen LogP contribution in [0.15, 0.2) is 0 Å². The highest BCUT2D eigenvalue weighted by atomic mass is 16.5. The molecule has 0 bridgehead atoms. The maximum atomic E-state index is 8.31. The third-order valence-electron chi connectivity index (χ3n) is 2.58. The summed E-state index contributed by atoms with van der Waals surface area (Å²) in [6.07, 6.45) is 5.60. The zero-order valence-corrected chi connectivity index (χ0v) is 8.25. The molecule has 0 aromatic rings. The zero-order chi connectivity index (χ0) is 9.52. The summed E-state index contributed by atoms with van der Waals surface area (Å²) in [5, 5.41) is 11.8. The first-order valence-electron chi connectivity index (χ1n) is 5.00. The fraction of sp³-hybridized carbons (Fsp3) is 0.900. The Morgan fingerprint density at radius 1 is 1.46 bits per heavy atom. The maximum absolute atomic E-state index is 8.31. The van der Waals surface area contributed by atoms with E-state index < -0.39 is 0 Å². The topological polar surface area (TPSA) is 45.0 Å². The highest BCUT2D eigenvalue weighted by Crippen LogP contribution is 2.22. The minimum atomic E-state index is 0.483. The Kier molecular flexibility index (Phi) is 4.81. The summed E-state index contributed by atoms with van der Waals surface area (Å²) < 4.78 is 5.18. The van der Waals surface area contributed by atoms with Gasteiger partial charge in [-0.05, 0) is 32.2 Å². The number of rotatable bonds is 6. The van der Waals surface area contributed by atoms with Crippen LogP contribution in [0.2, 0.25) is 0 Å². The van der Waals surface area contributed by atoms with Gasteiger partial charge < -0.3 is 10.1 Å². The largest absolute Gasteiger partial charge is 0.381 e. The van der Waals surface area contributed by atoms with Gasteiger partial charge in [0.25, 0.3) is 0 Å². The average molecular weight is 182 g/mol. The van der Waals surface area contributed by atoms with Crippen LogP contribution in [0.4, 0.5) is 0 Å². The molecular formula is C10H18N2O. The lowest BCUT2D eigenvalue weighted by Crippen LogP contribution is -2.45. The summed E-state index contributed by atoms with van der Waals surface area (Å²) in [5.41, 5.74) is 0. The number of nitrogens with zero attached hydrogens (tertiary/aromatic N) is 1. The van der Waals surface area contributed by atoms with Crippen LogP contribution in [0.1, 0.15) is 32.1 Å². The van der Waals surface area contributed by atoms with Crippen LogP contribution in [0.3, 0.4) is 0 Å². The van der Waals surface area contributed by atoms with E-state index in [2.05, 4.69) is 11.4 Å². The highest BCUT2D eigenvalue weighted by Gasteiger charge is 2.27. The number of unbranched alkanes of at least 4 members (excludes halogenated alkanes) is 2. The fourth-order valence-electron chi connectivity index (χ4n) is 1.56. The molecule has 1 rings (SSSR count). The number of hydrogen-bond acceptors (Lipinski definition) is 3. The molecule has 1 aliphatic rings. The minimum absolute atomic E-state index is 0.483. The quantitative estimate of drug-likeness (QED) is 0.632. The van der Waals surface area contributed by atoms with Gasteiger partial charge in [-0.25, -0.2) is 0 Å². The van der Waals surface area contributed by atoms with Gasteiger partial charge in [0.1, 0.15) is 0 Å². The van der Waals surface area contributed by atoms with Crippen molar-refractivity contribution in [1.82, 2.24) is 5.32 Å². The molecule has 3 nitrogen and oxygen atoms in total. The predicted molar refractivity (Wildman–Crippen MR) is 51.3 cm³/mol. The van der Waals surface area contributed by atoms with Crippen molar-refractivity contribution in [3.8, 4) is 6.07 Å². The van der Waals surface area contributed by atoms with E-state index in [1.807, 2.05) is 0 Å². The molecule has 74 valence electrons. The zero-order valence-electron chi connectivity index (χ0n) is 8.25. The van der Waals surface area contributed by atoms with Crippen molar-refractivity contribution < 1.29 is 4.74 Å². The van der Waals surface area contributed by atoms with E-state index in [9.17, 15) is 0 Å². The Morgan fingerprint density at radius 3 is 2.85 bits per heavy atom. The van der Waals surface area contributed by atoms with Crippen LogP contribution in [0.5, 0.6) is 0 Å². The molecule has 0 aromatic carbocycles. The summed E-state index contributed by atoms with van der Waals surface area (Å²) in [6, 6.07) is 2.81. The Bertz CT molecular complexity index is 170. The van der Waals surface area contributed by atoms with E-state index in [1.54, 1.807) is 7.11 Å². The molecule has 0 heterocycles. The van der Waals surface area contributed by atoms with Crippen molar-refractivity contribution in [2.45, 2.75) is 44.2 Å². The maximum Gasteiger partial charge on any atom is 0.0621 e. The highest BCUT2D eigenvalue weighted by molar-refractivity contribution is 4.85. The molecule has 1 N–H and O–H groups in total. The Morgan fingerprint density at radius 2 is 2.23 bits per heavy atom. The van der Waals surface area contributed by atoms with Gasteiger partial charge in [0, 0.05) is 19.6 Å². The molecule has 0 spiro atoms. The van der Waals surface area contributed by atoms with Crippen LogP contribution >= 0.6 is 0 Å². The summed E-state index contributed by atoms with van der Waals surface area (Å²) in [6.45, 7) is 1.04. The van der Waals surface area contributed by atoms with E-state index in [0.29, 0.717) is 18.6 Å². The molecule has 0 radical (unpaired) electrons. The second-order valence-corrected chi connectivity index (χ2v) is 3.60. The van der Waals surface area contributed by atoms with Gasteiger partial charge in [-0.15, -0.1) is 0 Å². The smallest absolute Gasteiger partial charge is 0.0621 e. The average Bonchev–Trinajstić information content (AvgIpc) is 2.08. The first-order valence-corrected chi connectivity index (χ1v) is 5.00. The Hall–Kier alpha value is -0.590. The molecule has 1 saturated carbocycles. The molecular weight excluding hydrogens is 164 g/mol. The third kappa shape index (κ3) is 3.75. The van der Waals surface area contributed by atoms with Crippen molar-refractivity contribution in [1.29, 1.82) is 5.26 Å². The number of methoxy groups -OCH3 is 1. The second kappa shape index (κ2) is 5.95. The van der Waals surface area contributed by atoms with Crippen LogP contribution in [-0.2, 0) is 4.74 Å².